The fourth-order valence-corrected chi connectivity index (χ4v) is 11.6. The fraction of sp³-hybridized carbons (Fsp3) is 0.0938. The molecule has 66 heavy (non-hydrogen) atoms. The number of aromatic nitrogens is 2. The van der Waals surface area contributed by atoms with Gasteiger partial charge in [-0.25, -0.2) is 0 Å². The Kier molecular flexibility index (Phi) is 8.33. The maximum absolute atomic E-state index is 2.49. The molecule has 0 saturated heterocycles. The third-order valence-electron chi connectivity index (χ3n) is 14.9. The third kappa shape index (κ3) is 5.61. The molecule has 0 bridgehead atoms. The lowest BCUT2D eigenvalue weighted by Gasteiger charge is -2.23. The van der Waals surface area contributed by atoms with Gasteiger partial charge in [-0.3, -0.25) is 0 Å². The molecule has 0 atom stereocenters. The van der Waals surface area contributed by atoms with Crippen LogP contribution >= 0.6 is 0 Å². The van der Waals surface area contributed by atoms with E-state index in [1.54, 1.807) is 0 Å². The third-order valence-corrected chi connectivity index (χ3v) is 14.9. The van der Waals surface area contributed by atoms with Crippen LogP contribution in [0.4, 0.5) is 0 Å². The quantitative estimate of drug-likeness (QED) is 0.148. The van der Waals surface area contributed by atoms with Gasteiger partial charge >= 0.3 is 0 Å². The van der Waals surface area contributed by atoms with Gasteiger partial charge in [0.15, 0.2) is 0 Å². The second-order valence-electron chi connectivity index (χ2n) is 19.3. The van der Waals surface area contributed by atoms with Gasteiger partial charge in [-0.05, 0) is 115 Å². The lowest BCUT2D eigenvalue weighted by atomic mass is 9.81. The highest BCUT2D eigenvalue weighted by Crippen LogP contribution is 2.54. The molecule has 0 N–H and O–H groups in total. The zero-order chi connectivity index (χ0) is 44.3. The second-order valence-corrected chi connectivity index (χ2v) is 19.3. The van der Waals surface area contributed by atoms with Crippen molar-refractivity contribution in [3.8, 4) is 56.0 Å². The summed E-state index contributed by atoms with van der Waals surface area (Å²) in [4.78, 5) is 0. The number of hydrogen-bond acceptors (Lipinski definition) is 0. The lowest BCUT2D eigenvalue weighted by molar-refractivity contribution is 0.659. The second kappa shape index (κ2) is 14.3. The van der Waals surface area contributed by atoms with Gasteiger partial charge in [-0.2, -0.15) is 0 Å². The molecule has 2 aliphatic carbocycles. The summed E-state index contributed by atoms with van der Waals surface area (Å²) in [5.41, 5.74) is 23.8. The zero-order valence-corrected chi connectivity index (χ0v) is 37.7. The van der Waals surface area contributed by atoms with E-state index in [-0.39, 0.29) is 10.8 Å². The summed E-state index contributed by atoms with van der Waals surface area (Å²) < 4.78 is 4.92. The van der Waals surface area contributed by atoms with E-state index in [2.05, 4.69) is 255 Å². The van der Waals surface area contributed by atoms with Crippen LogP contribution in [0, 0.1) is 0 Å². The van der Waals surface area contributed by atoms with Crippen molar-refractivity contribution in [2.24, 2.45) is 0 Å². The van der Waals surface area contributed by atoms with Crippen molar-refractivity contribution in [3.05, 3.63) is 240 Å². The van der Waals surface area contributed by atoms with Gasteiger partial charge in [0.25, 0.3) is 0 Å². The number of hydrogen-bond donors (Lipinski definition) is 0. The van der Waals surface area contributed by atoms with Crippen molar-refractivity contribution in [2.45, 2.75) is 38.5 Å². The summed E-state index contributed by atoms with van der Waals surface area (Å²) in [7, 11) is 0. The van der Waals surface area contributed by atoms with E-state index in [1.807, 2.05) is 0 Å². The first-order chi connectivity index (χ1) is 32.3. The predicted octanol–water partition coefficient (Wildman–Crippen LogP) is 16.8. The number of fused-ring (bicyclic) bond motifs is 10. The van der Waals surface area contributed by atoms with Gasteiger partial charge in [-0.1, -0.05) is 198 Å². The Labute approximate surface area is 386 Å². The van der Waals surface area contributed by atoms with Crippen molar-refractivity contribution in [1.82, 2.24) is 9.13 Å². The van der Waals surface area contributed by atoms with E-state index in [4.69, 9.17) is 0 Å². The Hall–Kier alpha value is -7.94. The Balaban J connectivity index is 0.874. The molecule has 9 aromatic carbocycles. The average molecular weight is 845 g/mol. The van der Waals surface area contributed by atoms with E-state index < -0.39 is 0 Å². The molecule has 2 aromatic heterocycles. The highest BCUT2D eigenvalue weighted by atomic mass is 15.0. The first-order valence-electron chi connectivity index (χ1n) is 23.3. The van der Waals surface area contributed by atoms with Crippen LogP contribution in [0.3, 0.4) is 0 Å². The molecular weight excluding hydrogens is 797 g/mol. The molecule has 2 nitrogen and oxygen atoms in total. The molecule has 2 heterocycles. The molecule has 0 fully saturated rings. The van der Waals surface area contributed by atoms with Gasteiger partial charge < -0.3 is 9.13 Å². The minimum Gasteiger partial charge on any atom is -0.309 e. The molecule has 2 heteroatoms. The summed E-state index contributed by atoms with van der Waals surface area (Å²) in [6.07, 6.45) is 4.60. The summed E-state index contributed by atoms with van der Waals surface area (Å²) in [5.74, 6) is 0. The molecule has 0 unspecified atom stereocenters. The molecule has 13 rings (SSSR count). The maximum Gasteiger partial charge on any atom is 0.0619 e. The minimum atomic E-state index is -0.199. The van der Waals surface area contributed by atoms with E-state index in [1.165, 1.54) is 116 Å². The van der Waals surface area contributed by atoms with Crippen molar-refractivity contribution in [2.75, 3.05) is 0 Å². The van der Waals surface area contributed by atoms with E-state index in [0.717, 1.165) is 5.69 Å². The lowest BCUT2D eigenvalue weighted by Crippen LogP contribution is -2.15. The number of para-hydroxylation sites is 3. The van der Waals surface area contributed by atoms with Gasteiger partial charge in [0.1, 0.15) is 0 Å². The Bertz CT molecular complexity index is 3730. The van der Waals surface area contributed by atoms with Gasteiger partial charge in [0.2, 0.25) is 0 Å². The van der Waals surface area contributed by atoms with Crippen LogP contribution in [0.25, 0.3) is 101 Å². The molecule has 0 radical (unpaired) electrons. The molecule has 314 valence electrons. The van der Waals surface area contributed by atoms with Crippen LogP contribution in [-0.4, -0.2) is 9.13 Å². The highest BCUT2D eigenvalue weighted by Gasteiger charge is 2.38. The first kappa shape index (κ1) is 38.5. The number of rotatable bonds is 6. The zero-order valence-electron chi connectivity index (χ0n) is 37.7. The maximum atomic E-state index is 2.49. The molecule has 2 aliphatic rings. The molecule has 0 spiro atoms. The van der Waals surface area contributed by atoms with Crippen molar-refractivity contribution in [3.63, 3.8) is 0 Å². The average Bonchev–Trinajstić information content (AvgIpc) is 4.02. The highest BCUT2D eigenvalue weighted by molar-refractivity contribution is 6.10. The summed E-state index contributed by atoms with van der Waals surface area (Å²) in [5, 5.41) is 3.84. The van der Waals surface area contributed by atoms with Crippen LogP contribution in [0.5, 0.6) is 0 Å². The SMILES string of the molecule is CC1(C)c2cc(C=Cc3ccc4c(c3)C(C)(C)c3cc5c(cc3-4)c(-c3ccccc3)c(-c3ccccc3)n5-c3ccccc3)ccc2-c2ccc(-n3c4ccccc4c4ccccc43)cc21. The fourth-order valence-electron chi connectivity index (χ4n) is 11.6. The normalized spacial score (nSPS) is 14.2. The topological polar surface area (TPSA) is 9.86 Å². The van der Waals surface area contributed by atoms with Crippen LogP contribution < -0.4 is 0 Å². The molecular formula is C64H48N2. The first-order valence-corrected chi connectivity index (χ1v) is 23.3. The van der Waals surface area contributed by atoms with Crippen LogP contribution in [-0.2, 0) is 10.8 Å². The van der Waals surface area contributed by atoms with Crippen molar-refractivity contribution < 1.29 is 0 Å². The van der Waals surface area contributed by atoms with Crippen LogP contribution in [0.1, 0.15) is 61.1 Å². The molecule has 0 aliphatic heterocycles. The Morgan fingerprint density at radius 1 is 0.333 bits per heavy atom. The summed E-state index contributed by atoms with van der Waals surface area (Å²) in [6, 6.07) is 76.4. The van der Waals surface area contributed by atoms with Gasteiger partial charge in [-0.15, -0.1) is 0 Å². The predicted molar refractivity (Wildman–Crippen MR) is 279 cm³/mol. The van der Waals surface area contributed by atoms with E-state index >= 15 is 0 Å². The Morgan fingerprint density at radius 3 is 1.39 bits per heavy atom. The number of benzene rings is 9. The summed E-state index contributed by atoms with van der Waals surface area (Å²) >= 11 is 0. The molecule has 0 saturated carbocycles. The van der Waals surface area contributed by atoms with Crippen LogP contribution in [0.2, 0.25) is 0 Å². The summed E-state index contributed by atoms with van der Waals surface area (Å²) in [6.45, 7) is 9.57. The minimum absolute atomic E-state index is 0.152. The van der Waals surface area contributed by atoms with E-state index in [0.29, 0.717) is 0 Å². The molecule has 0 amide bonds. The van der Waals surface area contributed by atoms with E-state index in [9.17, 15) is 0 Å². The Morgan fingerprint density at radius 2 is 0.803 bits per heavy atom. The van der Waals surface area contributed by atoms with Gasteiger partial charge in [0, 0.05) is 43.9 Å². The number of nitrogens with zero attached hydrogens (tertiary/aromatic N) is 2. The standard InChI is InChI=1S/C64H48N2/c1-63(2)54-36-41(30-33-47(54)48-35-32-46(38-56(48)63)65-58-26-16-14-24-50(58)51-25-15-17-27-59(51)65)28-29-42-31-34-49-52-39-53-60(40-57(52)64(3,4)55(49)37-42)66(45-22-12-7-13-23-45)62(44-20-10-6-11-21-44)61(53)43-18-8-5-9-19-43/h5-40H,1-4H3. The van der Waals surface area contributed by atoms with Gasteiger partial charge in [0.05, 0.1) is 22.2 Å². The smallest absolute Gasteiger partial charge is 0.0619 e. The largest absolute Gasteiger partial charge is 0.309 e. The molecule has 11 aromatic rings. The van der Waals surface area contributed by atoms with Crippen molar-refractivity contribution >= 4 is 44.9 Å². The van der Waals surface area contributed by atoms with Crippen LogP contribution in [0.15, 0.2) is 206 Å². The van der Waals surface area contributed by atoms with Crippen molar-refractivity contribution in [1.29, 1.82) is 0 Å². The monoisotopic (exact) mass is 844 g/mol.